The third-order valence-electron chi connectivity index (χ3n) is 4.07. The lowest BCUT2D eigenvalue weighted by molar-refractivity contribution is -0.137. The van der Waals surface area contributed by atoms with Crippen molar-refractivity contribution in [3.8, 4) is 0 Å². The van der Waals surface area contributed by atoms with Crippen LogP contribution in [0.3, 0.4) is 0 Å². The predicted octanol–water partition coefficient (Wildman–Crippen LogP) is 6.11. The molecule has 1 fully saturated rings. The van der Waals surface area contributed by atoms with E-state index in [2.05, 4.69) is 6.08 Å². The van der Waals surface area contributed by atoms with Crippen molar-refractivity contribution in [3.05, 3.63) is 53.6 Å². The zero-order chi connectivity index (χ0) is 17.6. The van der Waals surface area contributed by atoms with Gasteiger partial charge in [-0.1, -0.05) is 48.2 Å². The second-order valence-corrected chi connectivity index (χ2v) is 7.49. The Labute approximate surface area is 145 Å². The Kier molecular flexibility index (Phi) is 6.72. The average molecular weight is 354 g/mol. The van der Waals surface area contributed by atoms with Crippen molar-refractivity contribution in [2.45, 2.75) is 44.0 Å². The first-order chi connectivity index (χ1) is 11.3. The first-order valence-electron chi connectivity index (χ1n) is 8.04. The summed E-state index contributed by atoms with van der Waals surface area (Å²) in [5, 5.41) is 0.642. The number of carbonyl (C=O) groups excluding carboxylic acids is 1. The monoisotopic (exact) mass is 354 g/mol. The third kappa shape index (κ3) is 6.19. The van der Waals surface area contributed by atoms with Crippen LogP contribution in [-0.2, 0) is 11.0 Å². The Morgan fingerprint density at radius 2 is 1.71 bits per heavy atom. The van der Waals surface area contributed by atoms with Gasteiger partial charge in [-0.25, -0.2) is 0 Å². The minimum absolute atomic E-state index is 0.188. The summed E-state index contributed by atoms with van der Waals surface area (Å²) >= 11 is 1.45. The van der Waals surface area contributed by atoms with E-state index in [-0.39, 0.29) is 5.12 Å². The predicted molar refractivity (Wildman–Crippen MR) is 93.6 cm³/mol. The Bertz CT molecular complexity index is 594. The van der Waals surface area contributed by atoms with E-state index in [1.54, 1.807) is 13.0 Å². The van der Waals surface area contributed by atoms with Crippen LogP contribution in [0.2, 0.25) is 0 Å². The lowest BCUT2D eigenvalue weighted by atomic mass is 9.88. The highest BCUT2D eigenvalue weighted by Crippen LogP contribution is 2.33. The molecule has 0 radical (unpaired) electrons. The van der Waals surface area contributed by atoms with Gasteiger partial charge in [0.05, 0.1) is 5.56 Å². The molecule has 0 aromatic heterocycles. The van der Waals surface area contributed by atoms with Gasteiger partial charge >= 0.3 is 6.18 Å². The topological polar surface area (TPSA) is 17.1 Å². The van der Waals surface area contributed by atoms with Crippen molar-refractivity contribution in [1.82, 2.24) is 0 Å². The summed E-state index contributed by atoms with van der Waals surface area (Å²) in [6, 6.07) is 5.13. The van der Waals surface area contributed by atoms with Crippen LogP contribution >= 0.6 is 11.8 Å². The number of benzene rings is 1. The number of alkyl halides is 3. The fraction of sp³-hybridized carbons (Fsp3) is 0.421. The van der Waals surface area contributed by atoms with Gasteiger partial charge in [-0.15, -0.1) is 0 Å². The molecular weight excluding hydrogens is 333 g/mol. The fourth-order valence-corrected chi connectivity index (χ4v) is 3.78. The largest absolute Gasteiger partial charge is 0.416 e. The SMILES string of the molecule is CC(=O)SC1CCC(C=CC=Cc2ccc(C(F)(F)F)cc2)CC1. The molecular formula is C19H21F3OS. The van der Waals surface area contributed by atoms with Crippen LogP contribution in [0.4, 0.5) is 13.2 Å². The molecule has 1 aliphatic rings. The number of allylic oxidation sites excluding steroid dienone is 3. The van der Waals surface area contributed by atoms with E-state index in [1.807, 2.05) is 12.2 Å². The van der Waals surface area contributed by atoms with Crippen molar-refractivity contribution in [1.29, 1.82) is 0 Å². The number of thioether (sulfide) groups is 1. The van der Waals surface area contributed by atoms with Gasteiger partial charge in [-0.2, -0.15) is 13.2 Å². The zero-order valence-electron chi connectivity index (χ0n) is 13.6. The standard InChI is InChI=1S/C19H21F3OS/c1-14(23)24-18-12-8-16(9-13-18)5-3-2-4-15-6-10-17(11-7-15)19(20,21)22/h2-7,10-11,16,18H,8-9,12-13H2,1H3. The second-order valence-electron chi connectivity index (χ2n) is 6.01. The van der Waals surface area contributed by atoms with Crippen LogP contribution in [0.25, 0.3) is 6.08 Å². The van der Waals surface area contributed by atoms with Crippen LogP contribution < -0.4 is 0 Å². The van der Waals surface area contributed by atoms with Gasteiger partial charge in [0.2, 0.25) is 0 Å². The molecule has 0 bridgehead atoms. The number of carbonyl (C=O) groups is 1. The number of rotatable bonds is 4. The molecule has 2 rings (SSSR count). The van der Waals surface area contributed by atoms with Gasteiger partial charge in [0, 0.05) is 12.2 Å². The molecule has 1 nitrogen and oxygen atoms in total. The maximum Gasteiger partial charge on any atom is 0.416 e. The fourth-order valence-electron chi connectivity index (χ4n) is 2.80. The maximum absolute atomic E-state index is 12.5. The molecule has 0 heterocycles. The smallest absolute Gasteiger partial charge is 0.288 e. The second kappa shape index (κ2) is 8.56. The minimum Gasteiger partial charge on any atom is -0.288 e. The number of halogens is 3. The van der Waals surface area contributed by atoms with E-state index in [0.29, 0.717) is 11.2 Å². The molecule has 1 aliphatic carbocycles. The van der Waals surface area contributed by atoms with Gasteiger partial charge in [-0.05, 0) is 49.3 Å². The zero-order valence-corrected chi connectivity index (χ0v) is 14.4. The third-order valence-corrected chi connectivity index (χ3v) is 5.21. The molecule has 0 aliphatic heterocycles. The normalized spacial score (nSPS) is 22.3. The van der Waals surface area contributed by atoms with E-state index in [1.165, 1.54) is 23.9 Å². The van der Waals surface area contributed by atoms with E-state index in [0.717, 1.165) is 43.4 Å². The Morgan fingerprint density at radius 3 is 2.25 bits per heavy atom. The van der Waals surface area contributed by atoms with E-state index < -0.39 is 11.7 Å². The van der Waals surface area contributed by atoms with Gasteiger partial charge in [-0.3, -0.25) is 4.79 Å². The van der Waals surface area contributed by atoms with Crippen LogP contribution in [0.5, 0.6) is 0 Å². The molecule has 0 spiro atoms. The van der Waals surface area contributed by atoms with Crippen molar-refractivity contribution in [2.75, 3.05) is 0 Å². The van der Waals surface area contributed by atoms with Gasteiger partial charge in [0.25, 0.3) is 0 Å². The summed E-state index contributed by atoms with van der Waals surface area (Å²) < 4.78 is 37.4. The highest BCUT2D eigenvalue weighted by molar-refractivity contribution is 8.14. The molecule has 0 amide bonds. The van der Waals surface area contributed by atoms with Crippen LogP contribution in [-0.4, -0.2) is 10.4 Å². The molecule has 1 aromatic carbocycles. The van der Waals surface area contributed by atoms with Crippen LogP contribution in [0, 0.1) is 5.92 Å². The summed E-state index contributed by atoms with van der Waals surface area (Å²) in [5.74, 6) is 0.520. The van der Waals surface area contributed by atoms with Crippen LogP contribution in [0.15, 0.2) is 42.5 Å². The van der Waals surface area contributed by atoms with Crippen LogP contribution in [0.1, 0.15) is 43.7 Å². The highest BCUT2D eigenvalue weighted by atomic mass is 32.2. The molecule has 0 saturated heterocycles. The molecule has 1 aromatic rings. The molecule has 24 heavy (non-hydrogen) atoms. The van der Waals surface area contributed by atoms with Gasteiger partial charge in [0.1, 0.15) is 0 Å². The molecule has 0 unspecified atom stereocenters. The molecule has 0 atom stereocenters. The van der Waals surface area contributed by atoms with Crippen molar-refractivity contribution in [2.24, 2.45) is 5.92 Å². The van der Waals surface area contributed by atoms with E-state index in [4.69, 9.17) is 0 Å². The quantitative estimate of drug-likeness (QED) is 0.607. The van der Waals surface area contributed by atoms with E-state index >= 15 is 0 Å². The average Bonchev–Trinajstić information content (AvgIpc) is 2.52. The van der Waals surface area contributed by atoms with Crippen molar-refractivity contribution < 1.29 is 18.0 Å². The van der Waals surface area contributed by atoms with Gasteiger partial charge in [0.15, 0.2) is 5.12 Å². The lowest BCUT2D eigenvalue weighted by Crippen LogP contribution is -2.15. The van der Waals surface area contributed by atoms with Crippen molar-refractivity contribution >= 4 is 23.0 Å². The summed E-state index contributed by atoms with van der Waals surface area (Å²) in [4.78, 5) is 11.1. The molecule has 5 heteroatoms. The maximum atomic E-state index is 12.5. The summed E-state index contributed by atoms with van der Waals surface area (Å²) in [7, 11) is 0. The Morgan fingerprint density at radius 1 is 1.08 bits per heavy atom. The number of hydrogen-bond donors (Lipinski definition) is 0. The Hall–Kier alpha value is -1.49. The minimum atomic E-state index is -4.29. The lowest BCUT2D eigenvalue weighted by Gasteiger charge is -2.25. The first-order valence-corrected chi connectivity index (χ1v) is 8.92. The first kappa shape index (κ1) is 18.8. The summed E-state index contributed by atoms with van der Waals surface area (Å²) in [5.41, 5.74) is 0.115. The highest BCUT2D eigenvalue weighted by Gasteiger charge is 2.29. The van der Waals surface area contributed by atoms with Gasteiger partial charge < -0.3 is 0 Å². The van der Waals surface area contributed by atoms with E-state index in [9.17, 15) is 18.0 Å². The summed E-state index contributed by atoms with van der Waals surface area (Å²) in [6.07, 6.45) is 7.75. The molecule has 1 saturated carbocycles. The molecule has 0 N–H and O–H groups in total. The number of hydrogen-bond acceptors (Lipinski definition) is 2. The van der Waals surface area contributed by atoms with Crippen molar-refractivity contribution in [3.63, 3.8) is 0 Å². The molecule has 130 valence electrons. The Balaban J connectivity index is 1.80. The summed E-state index contributed by atoms with van der Waals surface area (Å²) in [6.45, 7) is 1.61.